The maximum Gasteiger partial charge on any atom is 0.262 e. The van der Waals surface area contributed by atoms with Crippen molar-refractivity contribution in [2.24, 2.45) is 0 Å². The van der Waals surface area contributed by atoms with Crippen LogP contribution in [0.5, 0.6) is 0 Å². The van der Waals surface area contributed by atoms with Gasteiger partial charge in [-0.25, -0.2) is 0 Å². The van der Waals surface area contributed by atoms with Crippen LogP contribution in [0.3, 0.4) is 0 Å². The first-order chi connectivity index (χ1) is 11.5. The quantitative estimate of drug-likeness (QED) is 0.519. The minimum Gasteiger partial charge on any atom is -0.355 e. The summed E-state index contributed by atoms with van der Waals surface area (Å²) in [5.74, 6) is -0.887. The Morgan fingerprint density at radius 1 is 1.04 bits per heavy atom. The molecule has 0 aliphatic carbocycles. The molecule has 128 valence electrons. The van der Waals surface area contributed by atoms with E-state index in [9.17, 15) is 19.2 Å². The van der Waals surface area contributed by atoms with Gasteiger partial charge in [0.05, 0.1) is 17.7 Å². The Morgan fingerprint density at radius 3 is 2.25 bits per heavy atom. The van der Waals surface area contributed by atoms with Gasteiger partial charge in [-0.15, -0.1) is 0 Å². The van der Waals surface area contributed by atoms with Gasteiger partial charge in [-0.05, 0) is 30.6 Å². The van der Waals surface area contributed by atoms with E-state index in [1.54, 1.807) is 36.0 Å². The molecule has 0 bridgehead atoms. The molecule has 0 saturated carbocycles. The second-order valence-electron chi connectivity index (χ2n) is 5.22. The van der Waals surface area contributed by atoms with Crippen molar-refractivity contribution in [3.63, 3.8) is 0 Å². The zero-order chi connectivity index (χ0) is 17.5. The van der Waals surface area contributed by atoms with E-state index in [0.29, 0.717) is 17.7 Å². The molecule has 0 unspecified atom stereocenters. The fourth-order valence-corrected chi connectivity index (χ4v) is 2.70. The van der Waals surface area contributed by atoms with E-state index in [1.165, 1.54) is 0 Å². The third-order valence-corrected chi connectivity index (χ3v) is 4.17. The molecule has 0 atom stereocenters. The average molecular weight is 349 g/mol. The average Bonchev–Trinajstić information content (AvgIpc) is 2.82. The molecular weight excluding hydrogens is 330 g/mol. The minimum atomic E-state index is -0.552. The number of amides is 4. The number of nitrogens with zero attached hydrogens (tertiary/aromatic N) is 1. The molecule has 4 amide bonds. The van der Waals surface area contributed by atoms with Crippen LogP contribution < -0.4 is 10.6 Å². The van der Waals surface area contributed by atoms with Gasteiger partial charge in [0, 0.05) is 6.54 Å². The number of fused-ring (bicyclic) bond motifs is 1. The number of imide groups is 1. The molecular formula is C16H19N3O4S. The van der Waals surface area contributed by atoms with Gasteiger partial charge in [-0.3, -0.25) is 24.1 Å². The second-order valence-corrected chi connectivity index (χ2v) is 6.20. The predicted octanol–water partition coefficient (Wildman–Crippen LogP) is 0.268. The van der Waals surface area contributed by atoms with E-state index >= 15 is 0 Å². The maximum absolute atomic E-state index is 12.1. The number of carbonyl (C=O) groups excluding carboxylic acids is 4. The molecule has 0 saturated heterocycles. The molecule has 24 heavy (non-hydrogen) atoms. The van der Waals surface area contributed by atoms with Crippen molar-refractivity contribution < 1.29 is 19.2 Å². The van der Waals surface area contributed by atoms with Crippen LogP contribution in [0.1, 0.15) is 27.1 Å². The lowest BCUT2D eigenvalue weighted by Gasteiger charge is -2.13. The summed E-state index contributed by atoms with van der Waals surface area (Å²) in [6.07, 6.45) is 2.84. The van der Waals surface area contributed by atoms with Crippen LogP contribution in [0.4, 0.5) is 0 Å². The molecule has 0 spiro atoms. The summed E-state index contributed by atoms with van der Waals surface area (Å²) in [7, 11) is 0. The number of hydrogen-bond acceptors (Lipinski definition) is 5. The van der Waals surface area contributed by atoms with E-state index < -0.39 is 24.3 Å². The smallest absolute Gasteiger partial charge is 0.262 e. The van der Waals surface area contributed by atoms with Gasteiger partial charge >= 0.3 is 0 Å². The predicted molar refractivity (Wildman–Crippen MR) is 90.8 cm³/mol. The molecule has 1 aromatic carbocycles. The maximum atomic E-state index is 12.1. The lowest BCUT2D eigenvalue weighted by atomic mass is 10.1. The fourth-order valence-electron chi connectivity index (χ4n) is 2.27. The van der Waals surface area contributed by atoms with Gasteiger partial charge in [0.2, 0.25) is 11.8 Å². The molecule has 1 heterocycles. The highest BCUT2D eigenvalue weighted by Crippen LogP contribution is 2.21. The molecule has 1 aliphatic heterocycles. The van der Waals surface area contributed by atoms with Gasteiger partial charge in [0.15, 0.2) is 0 Å². The molecule has 0 radical (unpaired) electrons. The van der Waals surface area contributed by atoms with Crippen LogP contribution in [0.25, 0.3) is 0 Å². The number of nitrogens with one attached hydrogen (secondary N) is 2. The van der Waals surface area contributed by atoms with Gasteiger partial charge < -0.3 is 10.6 Å². The van der Waals surface area contributed by atoms with Crippen LogP contribution in [-0.4, -0.2) is 60.2 Å². The molecule has 2 rings (SSSR count). The number of benzene rings is 1. The van der Waals surface area contributed by atoms with Crippen LogP contribution in [0.2, 0.25) is 0 Å². The van der Waals surface area contributed by atoms with Crippen molar-refractivity contribution in [2.75, 3.05) is 31.6 Å². The van der Waals surface area contributed by atoms with E-state index in [4.69, 9.17) is 0 Å². The first kappa shape index (κ1) is 18.0. The van der Waals surface area contributed by atoms with Gasteiger partial charge in [-0.1, -0.05) is 12.1 Å². The second kappa shape index (κ2) is 8.49. The van der Waals surface area contributed by atoms with E-state index in [1.807, 2.05) is 6.26 Å². The van der Waals surface area contributed by atoms with Crippen molar-refractivity contribution in [2.45, 2.75) is 6.42 Å². The molecule has 8 heteroatoms. The summed E-state index contributed by atoms with van der Waals surface area (Å²) in [5, 5.41) is 5.10. The lowest BCUT2D eigenvalue weighted by molar-refractivity contribution is -0.126. The zero-order valence-electron chi connectivity index (χ0n) is 13.3. The Hall–Kier alpha value is -2.35. The number of rotatable bonds is 8. The van der Waals surface area contributed by atoms with Crippen molar-refractivity contribution >= 4 is 35.4 Å². The molecule has 2 N–H and O–H groups in total. The van der Waals surface area contributed by atoms with Crippen molar-refractivity contribution in [1.82, 2.24) is 15.5 Å². The Kier molecular flexibility index (Phi) is 6.36. The number of carbonyl (C=O) groups is 4. The van der Waals surface area contributed by atoms with E-state index in [0.717, 1.165) is 17.1 Å². The Bertz CT molecular complexity index is 627. The highest BCUT2D eigenvalue weighted by molar-refractivity contribution is 7.98. The third-order valence-electron chi connectivity index (χ3n) is 3.47. The van der Waals surface area contributed by atoms with Gasteiger partial charge in [0.25, 0.3) is 11.8 Å². The first-order valence-electron chi connectivity index (χ1n) is 7.52. The third kappa shape index (κ3) is 4.35. The van der Waals surface area contributed by atoms with Crippen LogP contribution in [0, 0.1) is 0 Å². The molecule has 1 aromatic rings. The lowest BCUT2D eigenvalue weighted by Crippen LogP contribution is -2.43. The van der Waals surface area contributed by atoms with Gasteiger partial charge in [0.1, 0.15) is 6.54 Å². The van der Waals surface area contributed by atoms with E-state index in [2.05, 4.69) is 10.6 Å². The largest absolute Gasteiger partial charge is 0.355 e. The van der Waals surface area contributed by atoms with Crippen molar-refractivity contribution in [1.29, 1.82) is 0 Å². The monoisotopic (exact) mass is 349 g/mol. The van der Waals surface area contributed by atoms with Crippen LogP contribution in [0.15, 0.2) is 24.3 Å². The topological polar surface area (TPSA) is 95.6 Å². The summed E-state index contributed by atoms with van der Waals surface area (Å²) < 4.78 is 0. The highest BCUT2D eigenvalue weighted by Gasteiger charge is 2.36. The SMILES string of the molecule is CSCCCNC(=O)CNC(=O)CN1C(=O)c2ccccc2C1=O. The number of hydrogen-bond donors (Lipinski definition) is 2. The summed E-state index contributed by atoms with van der Waals surface area (Å²) in [6.45, 7) is -0.0265. The molecule has 1 aliphatic rings. The normalized spacial score (nSPS) is 13.0. The summed E-state index contributed by atoms with van der Waals surface area (Å²) >= 11 is 1.69. The summed E-state index contributed by atoms with van der Waals surface area (Å²) in [4.78, 5) is 48.6. The Balaban J connectivity index is 1.78. The first-order valence-corrected chi connectivity index (χ1v) is 8.91. The van der Waals surface area contributed by atoms with Crippen molar-refractivity contribution in [3.05, 3.63) is 35.4 Å². The molecule has 0 fully saturated rings. The highest BCUT2D eigenvalue weighted by atomic mass is 32.2. The Morgan fingerprint density at radius 2 is 1.67 bits per heavy atom. The molecule has 7 nitrogen and oxygen atoms in total. The van der Waals surface area contributed by atoms with Gasteiger partial charge in [-0.2, -0.15) is 11.8 Å². The van der Waals surface area contributed by atoms with Crippen LogP contribution >= 0.6 is 11.8 Å². The number of thioether (sulfide) groups is 1. The Labute approximate surface area is 144 Å². The zero-order valence-corrected chi connectivity index (χ0v) is 14.1. The molecule has 0 aromatic heterocycles. The summed E-state index contributed by atoms with van der Waals surface area (Å²) in [6, 6.07) is 6.43. The standard InChI is InChI=1S/C16H19N3O4S/c1-24-8-4-7-17-13(20)9-18-14(21)10-19-15(22)11-5-2-3-6-12(11)16(19)23/h2-3,5-6H,4,7-10H2,1H3,(H,17,20)(H,18,21). The minimum absolute atomic E-state index is 0.179. The fraction of sp³-hybridized carbons (Fsp3) is 0.375. The van der Waals surface area contributed by atoms with E-state index in [-0.39, 0.29) is 12.5 Å². The van der Waals surface area contributed by atoms with Crippen LogP contribution in [-0.2, 0) is 9.59 Å². The van der Waals surface area contributed by atoms with Crippen molar-refractivity contribution in [3.8, 4) is 0 Å². The summed E-state index contributed by atoms with van der Waals surface area (Å²) in [5.41, 5.74) is 0.587.